The summed E-state index contributed by atoms with van der Waals surface area (Å²) in [5.41, 5.74) is 0. The van der Waals surface area contributed by atoms with E-state index in [9.17, 15) is 13.5 Å². The van der Waals surface area contributed by atoms with Crippen LogP contribution in [0.25, 0.3) is 0 Å². The molecule has 1 N–H and O–H groups in total. The maximum atomic E-state index is 11.6. The first-order valence-electron chi connectivity index (χ1n) is 5.99. The fourth-order valence-corrected chi connectivity index (χ4v) is 5.29. The van der Waals surface area contributed by atoms with Gasteiger partial charge in [-0.2, -0.15) is 0 Å². The van der Waals surface area contributed by atoms with Gasteiger partial charge in [-0.05, 0) is 47.2 Å². The first-order chi connectivity index (χ1) is 8.38. The molecule has 2 rings (SSSR count). The third-order valence-corrected chi connectivity index (χ3v) is 7.00. The van der Waals surface area contributed by atoms with Crippen molar-refractivity contribution in [1.82, 2.24) is 0 Å². The Kier molecular flexibility index (Phi) is 4.52. The topological polar surface area (TPSA) is 54.4 Å². The molecular formula is C12H17BrO3S2. The number of sulfone groups is 1. The Bertz CT molecular complexity index is 509. The van der Waals surface area contributed by atoms with E-state index < -0.39 is 15.9 Å². The molecule has 1 aliphatic carbocycles. The molecule has 1 heterocycles. The predicted molar refractivity (Wildman–Crippen MR) is 77.6 cm³/mol. The maximum absolute atomic E-state index is 11.6. The summed E-state index contributed by atoms with van der Waals surface area (Å²) in [7, 11) is -2.99. The third-order valence-electron chi connectivity index (χ3n) is 3.60. The van der Waals surface area contributed by atoms with Gasteiger partial charge < -0.3 is 5.11 Å². The van der Waals surface area contributed by atoms with Crippen LogP contribution in [0.5, 0.6) is 0 Å². The number of rotatable bonds is 3. The standard InChI is InChI=1S/C12H17BrO3S2/c1-18(15,16)10-4-2-3-8(5-10)12(14)11-6-9(13)7-17-11/h6-8,10,12,14H,2-5H2,1H3. The summed E-state index contributed by atoms with van der Waals surface area (Å²) in [6.45, 7) is 0. The predicted octanol–water partition coefficient (Wildman–Crippen LogP) is 3.15. The summed E-state index contributed by atoms with van der Waals surface area (Å²) in [4.78, 5) is 0.918. The van der Waals surface area contributed by atoms with Gasteiger partial charge in [-0.25, -0.2) is 8.42 Å². The molecule has 1 fully saturated rings. The van der Waals surface area contributed by atoms with Gasteiger partial charge in [-0.3, -0.25) is 0 Å². The zero-order valence-electron chi connectivity index (χ0n) is 10.2. The summed E-state index contributed by atoms with van der Waals surface area (Å²) in [6.07, 6.45) is 3.86. The normalized spacial score (nSPS) is 27.1. The van der Waals surface area contributed by atoms with E-state index in [0.717, 1.165) is 28.6 Å². The Morgan fingerprint density at radius 2 is 2.22 bits per heavy atom. The molecule has 1 saturated carbocycles. The van der Waals surface area contributed by atoms with Crippen LogP contribution in [0.1, 0.15) is 36.7 Å². The largest absolute Gasteiger partial charge is 0.387 e. The van der Waals surface area contributed by atoms with E-state index >= 15 is 0 Å². The highest BCUT2D eigenvalue weighted by atomic mass is 79.9. The molecule has 0 radical (unpaired) electrons. The van der Waals surface area contributed by atoms with E-state index in [2.05, 4.69) is 15.9 Å². The lowest BCUT2D eigenvalue weighted by Gasteiger charge is -2.30. The molecule has 18 heavy (non-hydrogen) atoms. The second-order valence-electron chi connectivity index (χ2n) is 4.99. The zero-order valence-corrected chi connectivity index (χ0v) is 13.4. The molecule has 0 aliphatic heterocycles. The van der Waals surface area contributed by atoms with Crippen molar-refractivity contribution in [3.8, 4) is 0 Å². The lowest BCUT2D eigenvalue weighted by atomic mass is 9.84. The van der Waals surface area contributed by atoms with Crippen molar-refractivity contribution >= 4 is 37.1 Å². The first kappa shape index (κ1) is 14.5. The quantitative estimate of drug-likeness (QED) is 0.908. The molecular weight excluding hydrogens is 336 g/mol. The van der Waals surface area contributed by atoms with Crippen LogP contribution in [0.3, 0.4) is 0 Å². The van der Waals surface area contributed by atoms with Crippen LogP contribution in [0, 0.1) is 5.92 Å². The smallest absolute Gasteiger partial charge is 0.150 e. The molecule has 3 atom stereocenters. The number of hydrogen-bond acceptors (Lipinski definition) is 4. The Hall–Kier alpha value is 0.0900. The van der Waals surface area contributed by atoms with Crippen molar-refractivity contribution < 1.29 is 13.5 Å². The van der Waals surface area contributed by atoms with Crippen LogP contribution in [0.15, 0.2) is 15.9 Å². The molecule has 102 valence electrons. The highest BCUT2D eigenvalue weighted by Gasteiger charge is 2.33. The van der Waals surface area contributed by atoms with E-state index in [-0.39, 0.29) is 11.2 Å². The lowest BCUT2D eigenvalue weighted by Crippen LogP contribution is -2.30. The second-order valence-corrected chi connectivity index (χ2v) is 9.17. The summed E-state index contributed by atoms with van der Waals surface area (Å²) in [6, 6.07) is 1.92. The van der Waals surface area contributed by atoms with Crippen molar-refractivity contribution in [2.75, 3.05) is 6.26 Å². The molecule has 0 saturated heterocycles. The monoisotopic (exact) mass is 352 g/mol. The van der Waals surface area contributed by atoms with E-state index in [1.54, 1.807) is 0 Å². The van der Waals surface area contributed by atoms with Crippen molar-refractivity contribution in [2.24, 2.45) is 5.92 Å². The van der Waals surface area contributed by atoms with Gasteiger partial charge in [-0.1, -0.05) is 6.42 Å². The number of aliphatic hydroxyl groups excluding tert-OH is 1. The molecule has 3 nitrogen and oxygen atoms in total. The minimum Gasteiger partial charge on any atom is -0.387 e. The molecule has 1 aromatic rings. The minimum absolute atomic E-state index is 0.0593. The maximum Gasteiger partial charge on any atom is 0.150 e. The van der Waals surface area contributed by atoms with Crippen molar-refractivity contribution in [3.05, 3.63) is 20.8 Å². The van der Waals surface area contributed by atoms with Gasteiger partial charge in [0.25, 0.3) is 0 Å². The van der Waals surface area contributed by atoms with Crippen LogP contribution in [0.4, 0.5) is 0 Å². The van der Waals surface area contributed by atoms with E-state index in [1.807, 2.05) is 11.4 Å². The minimum atomic E-state index is -2.99. The van der Waals surface area contributed by atoms with Crippen molar-refractivity contribution in [3.63, 3.8) is 0 Å². The lowest BCUT2D eigenvalue weighted by molar-refractivity contribution is 0.0887. The van der Waals surface area contributed by atoms with Gasteiger partial charge in [0.15, 0.2) is 0 Å². The van der Waals surface area contributed by atoms with Gasteiger partial charge in [0, 0.05) is 21.0 Å². The Morgan fingerprint density at radius 1 is 1.50 bits per heavy atom. The first-order valence-corrected chi connectivity index (χ1v) is 9.61. The summed E-state index contributed by atoms with van der Waals surface area (Å²) >= 11 is 4.89. The molecule has 0 spiro atoms. The summed E-state index contributed by atoms with van der Waals surface area (Å²) in [5.74, 6) is 0.0593. The summed E-state index contributed by atoms with van der Waals surface area (Å²) in [5, 5.41) is 12.0. The number of aliphatic hydroxyl groups is 1. The van der Waals surface area contributed by atoms with E-state index in [0.29, 0.717) is 6.42 Å². The zero-order chi connectivity index (χ0) is 13.3. The molecule has 0 amide bonds. The average Bonchev–Trinajstić information content (AvgIpc) is 2.74. The van der Waals surface area contributed by atoms with Gasteiger partial charge >= 0.3 is 0 Å². The molecule has 1 aliphatic rings. The number of hydrogen-bond donors (Lipinski definition) is 1. The third kappa shape index (κ3) is 3.35. The van der Waals surface area contributed by atoms with Crippen molar-refractivity contribution in [1.29, 1.82) is 0 Å². The van der Waals surface area contributed by atoms with E-state index in [4.69, 9.17) is 0 Å². The van der Waals surface area contributed by atoms with Crippen LogP contribution < -0.4 is 0 Å². The molecule has 0 bridgehead atoms. The highest BCUT2D eigenvalue weighted by molar-refractivity contribution is 9.10. The summed E-state index contributed by atoms with van der Waals surface area (Å²) < 4.78 is 24.2. The molecule has 0 aromatic carbocycles. The fraction of sp³-hybridized carbons (Fsp3) is 0.667. The van der Waals surface area contributed by atoms with Crippen LogP contribution >= 0.6 is 27.3 Å². The van der Waals surface area contributed by atoms with Crippen LogP contribution in [0.2, 0.25) is 0 Å². The van der Waals surface area contributed by atoms with Gasteiger partial charge in [0.05, 0.1) is 11.4 Å². The van der Waals surface area contributed by atoms with Crippen LogP contribution in [-0.4, -0.2) is 25.0 Å². The molecule has 6 heteroatoms. The Morgan fingerprint density at radius 3 is 2.78 bits per heavy atom. The molecule has 1 aromatic heterocycles. The number of thiophene rings is 1. The number of halogens is 1. The van der Waals surface area contributed by atoms with Crippen LogP contribution in [-0.2, 0) is 9.84 Å². The van der Waals surface area contributed by atoms with Crippen molar-refractivity contribution in [2.45, 2.75) is 37.0 Å². The Balaban J connectivity index is 2.09. The fourth-order valence-electron chi connectivity index (χ4n) is 2.57. The van der Waals surface area contributed by atoms with Gasteiger partial charge in [-0.15, -0.1) is 11.3 Å². The SMILES string of the molecule is CS(=O)(=O)C1CCCC(C(O)c2cc(Br)cs2)C1. The average molecular weight is 353 g/mol. The molecule has 3 unspecified atom stereocenters. The Labute approximate surface area is 120 Å². The van der Waals surface area contributed by atoms with E-state index in [1.165, 1.54) is 17.6 Å². The van der Waals surface area contributed by atoms with Gasteiger partial charge in [0.2, 0.25) is 0 Å². The second kappa shape index (κ2) is 5.61. The van der Waals surface area contributed by atoms with Gasteiger partial charge in [0.1, 0.15) is 9.84 Å². The highest BCUT2D eigenvalue weighted by Crippen LogP contribution is 2.39.